The molecular formula is C16H12Cl2N4O3. The summed E-state index contributed by atoms with van der Waals surface area (Å²) in [7, 11) is 0. The maximum absolute atomic E-state index is 11.9. The highest BCUT2D eigenvalue weighted by Crippen LogP contribution is 2.25. The molecule has 0 radical (unpaired) electrons. The topological polar surface area (TPSA) is 86.1 Å². The van der Waals surface area contributed by atoms with Crippen LogP contribution in [-0.4, -0.2) is 33.5 Å². The lowest BCUT2D eigenvalue weighted by molar-refractivity contribution is -0.148. The van der Waals surface area contributed by atoms with E-state index in [0.29, 0.717) is 26.8 Å². The van der Waals surface area contributed by atoms with Gasteiger partial charge in [-0.15, -0.1) is 5.10 Å². The first kappa shape index (κ1) is 17.2. The van der Waals surface area contributed by atoms with Gasteiger partial charge in [0.25, 0.3) is 5.91 Å². The first-order valence-electron chi connectivity index (χ1n) is 7.21. The molecule has 0 unspecified atom stereocenters. The van der Waals surface area contributed by atoms with Crippen LogP contribution in [0.15, 0.2) is 42.5 Å². The number of nitrogens with one attached hydrogen (secondary N) is 1. The normalized spacial score (nSPS) is 10.6. The average molecular weight is 379 g/mol. The molecule has 1 N–H and O–H groups in total. The van der Waals surface area contributed by atoms with Crippen LogP contribution in [0.4, 0.5) is 5.69 Å². The highest BCUT2D eigenvalue weighted by Gasteiger charge is 2.12. The SMILES string of the molecule is O=C(COC(=O)Cn1nnc2ccccc21)Nc1ccc(Cl)cc1Cl. The number of esters is 1. The zero-order valence-electron chi connectivity index (χ0n) is 12.8. The van der Waals surface area contributed by atoms with E-state index < -0.39 is 18.5 Å². The predicted octanol–water partition coefficient (Wildman–Crippen LogP) is 2.92. The van der Waals surface area contributed by atoms with E-state index in [1.165, 1.54) is 10.7 Å². The fourth-order valence-corrected chi connectivity index (χ4v) is 2.58. The molecule has 1 aromatic heterocycles. The quantitative estimate of drug-likeness (QED) is 0.689. The van der Waals surface area contributed by atoms with Crippen LogP contribution in [-0.2, 0) is 20.9 Å². The number of hydrogen-bond acceptors (Lipinski definition) is 5. The Morgan fingerprint density at radius 1 is 1.16 bits per heavy atom. The lowest BCUT2D eigenvalue weighted by Crippen LogP contribution is -2.23. The smallest absolute Gasteiger partial charge is 0.328 e. The molecule has 0 fully saturated rings. The summed E-state index contributed by atoms with van der Waals surface area (Å²) < 4.78 is 6.36. The fourth-order valence-electron chi connectivity index (χ4n) is 2.13. The molecule has 0 bridgehead atoms. The number of benzene rings is 2. The second kappa shape index (κ2) is 7.50. The van der Waals surface area contributed by atoms with Gasteiger partial charge < -0.3 is 10.1 Å². The molecule has 0 aliphatic heterocycles. The van der Waals surface area contributed by atoms with Gasteiger partial charge in [0, 0.05) is 5.02 Å². The molecule has 0 spiro atoms. The molecule has 0 aliphatic carbocycles. The van der Waals surface area contributed by atoms with Gasteiger partial charge in [-0.05, 0) is 30.3 Å². The predicted molar refractivity (Wildman–Crippen MR) is 93.6 cm³/mol. The number of halogens is 2. The third-order valence-corrected chi connectivity index (χ3v) is 3.82. The average Bonchev–Trinajstić information content (AvgIpc) is 2.99. The Hall–Kier alpha value is -2.64. The van der Waals surface area contributed by atoms with Crippen molar-refractivity contribution in [3.63, 3.8) is 0 Å². The van der Waals surface area contributed by atoms with E-state index in [1.807, 2.05) is 12.1 Å². The standard InChI is InChI=1S/C16H12Cl2N4O3/c17-10-5-6-12(11(18)7-10)19-15(23)9-25-16(24)8-22-14-4-2-1-3-13(14)20-21-22/h1-7H,8-9H2,(H,19,23). The molecule has 1 amide bonds. The molecule has 25 heavy (non-hydrogen) atoms. The summed E-state index contributed by atoms with van der Waals surface area (Å²) in [4.78, 5) is 23.7. The van der Waals surface area contributed by atoms with Gasteiger partial charge in [-0.1, -0.05) is 40.5 Å². The van der Waals surface area contributed by atoms with Gasteiger partial charge in [-0.25, -0.2) is 4.68 Å². The lowest BCUT2D eigenvalue weighted by Gasteiger charge is -2.08. The number of anilines is 1. The van der Waals surface area contributed by atoms with Crippen molar-refractivity contribution in [1.82, 2.24) is 15.0 Å². The van der Waals surface area contributed by atoms with Gasteiger partial charge in [0.1, 0.15) is 12.1 Å². The molecule has 0 saturated carbocycles. The van der Waals surface area contributed by atoms with Gasteiger partial charge in [0.05, 0.1) is 16.2 Å². The van der Waals surface area contributed by atoms with Crippen LogP contribution in [0, 0.1) is 0 Å². The van der Waals surface area contributed by atoms with Crippen LogP contribution in [0.3, 0.4) is 0 Å². The summed E-state index contributed by atoms with van der Waals surface area (Å²) in [6.07, 6.45) is 0. The molecular weight excluding hydrogens is 367 g/mol. The minimum Gasteiger partial charge on any atom is -0.454 e. The number of rotatable bonds is 5. The van der Waals surface area contributed by atoms with Crippen molar-refractivity contribution in [1.29, 1.82) is 0 Å². The highest BCUT2D eigenvalue weighted by atomic mass is 35.5. The van der Waals surface area contributed by atoms with Crippen molar-refractivity contribution in [2.75, 3.05) is 11.9 Å². The fraction of sp³-hybridized carbons (Fsp3) is 0.125. The summed E-state index contributed by atoms with van der Waals surface area (Å²) in [5, 5.41) is 11.1. The largest absolute Gasteiger partial charge is 0.454 e. The Balaban J connectivity index is 1.54. The van der Waals surface area contributed by atoms with Crippen molar-refractivity contribution in [3.8, 4) is 0 Å². The third-order valence-electron chi connectivity index (χ3n) is 3.27. The second-order valence-corrected chi connectivity index (χ2v) is 5.91. The van der Waals surface area contributed by atoms with Crippen molar-refractivity contribution >= 4 is 51.8 Å². The van der Waals surface area contributed by atoms with Crippen molar-refractivity contribution in [2.45, 2.75) is 6.54 Å². The summed E-state index contributed by atoms with van der Waals surface area (Å²) in [6, 6.07) is 11.9. The number of hydrogen-bond donors (Lipinski definition) is 1. The highest BCUT2D eigenvalue weighted by molar-refractivity contribution is 6.36. The van der Waals surface area contributed by atoms with Crippen LogP contribution in [0.5, 0.6) is 0 Å². The van der Waals surface area contributed by atoms with E-state index in [1.54, 1.807) is 24.3 Å². The van der Waals surface area contributed by atoms with Crippen LogP contribution in [0.2, 0.25) is 10.0 Å². The van der Waals surface area contributed by atoms with Crippen LogP contribution in [0.1, 0.15) is 0 Å². The van der Waals surface area contributed by atoms with Gasteiger partial charge in [0.15, 0.2) is 6.61 Å². The molecule has 0 atom stereocenters. The molecule has 3 rings (SSSR count). The van der Waals surface area contributed by atoms with E-state index in [-0.39, 0.29) is 6.54 Å². The number of ether oxygens (including phenoxy) is 1. The number of carbonyl (C=O) groups is 2. The van der Waals surface area contributed by atoms with E-state index in [2.05, 4.69) is 15.6 Å². The molecule has 0 saturated heterocycles. The number of aromatic nitrogens is 3. The van der Waals surface area contributed by atoms with Crippen LogP contribution in [0.25, 0.3) is 11.0 Å². The van der Waals surface area contributed by atoms with Gasteiger partial charge in [-0.3, -0.25) is 9.59 Å². The zero-order valence-corrected chi connectivity index (χ0v) is 14.3. The Morgan fingerprint density at radius 3 is 2.76 bits per heavy atom. The molecule has 7 nitrogen and oxygen atoms in total. The molecule has 0 aliphatic rings. The van der Waals surface area contributed by atoms with Crippen molar-refractivity contribution in [3.05, 3.63) is 52.5 Å². The second-order valence-electron chi connectivity index (χ2n) is 5.07. The Morgan fingerprint density at radius 2 is 1.96 bits per heavy atom. The minimum atomic E-state index is -0.604. The Labute approximate surface area is 152 Å². The maximum atomic E-state index is 11.9. The summed E-state index contributed by atoms with van der Waals surface area (Å²) >= 11 is 11.7. The number of carbonyl (C=O) groups excluding carboxylic acids is 2. The summed E-state index contributed by atoms with van der Waals surface area (Å²) in [6.45, 7) is -0.583. The van der Waals surface area contributed by atoms with Crippen LogP contribution < -0.4 is 5.32 Å². The number of amides is 1. The Bertz CT molecular complexity index is 942. The molecule has 9 heteroatoms. The third kappa shape index (κ3) is 4.26. The molecule has 128 valence electrons. The molecule has 1 heterocycles. The van der Waals surface area contributed by atoms with E-state index in [9.17, 15) is 9.59 Å². The summed E-state index contributed by atoms with van der Waals surface area (Å²) in [5.41, 5.74) is 1.76. The molecule has 2 aromatic carbocycles. The van der Waals surface area contributed by atoms with E-state index in [0.717, 1.165) is 0 Å². The lowest BCUT2D eigenvalue weighted by atomic mass is 10.3. The molecule has 3 aromatic rings. The minimum absolute atomic E-state index is 0.143. The number of fused-ring (bicyclic) bond motifs is 1. The van der Waals surface area contributed by atoms with Crippen LogP contribution >= 0.6 is 23.2 Å². The van der Waals surface area contributed by atoms with Gasteiger partial charge in [-0.2, -0.15) is 0 Å². The van der Waals surface area contributed by atoms with Gasteiger partial charge >= 0.3 is 5.97 Å². The van der Waals surface area contributed by atoms with Crippen molar-refractivity contribution < 1.29 is 14.3 Å². The summed E-state index contributed by atoms with van der Waals surface area (Å²) in [5.74, 6) is -1.12. The monoisotopic (exact) mass is 378 g/mol. The maximum Gasteiger partial charge on any atom is 0.328 e. The first-order chi connectivity index (χ1) is 12.0. The van der Waals surface area contributed by atoms with Crippen molar-refractivity contribution in [2.24, 2.45) is 0 Å². The van der Waals surface area contributed by atoms with E-state index in [4.69, 9.17) is 27.9 Å². The Kier molecular flexibility index (Phi) is 5.16. The zero-order chi connectivity index (χ0) is 17.8. The number of nitrogens with zero attached hydrogens (tertiary/aromatic N) is 3. The number of para-hydroxylation sites is 1. The van der Waals surface area contributed by atoms with E-state index >= 15 is 0 Å². The van der Waals surface area contributed by atoms with Gasteiger partial charge in [0.2, 0.25) is 0 Å². The first-order valence-corrected chi connectivity index (χ1v) is 7.97.